The lowest BCUT2D eigenvalue weighted by atomic mass is 9.94. The highest BCUT2D eigenvalue weighted by Gasteiger charge is 2.44. The van der Waals surface area contributed by atoms with Crippen molar-refractivity contribution in [3.8, 4) is 0 Å². The maximum absolute atomic E-state index is 5.22. The van der Waals surface area contributed by atoms with Crippen molar-refractivity contribution in [2.75, 3.05) is 25.1 Å². The van der Waals surface area contributed by atoms with Crippen LogP contribution < -0.4 is 10.8 Å². The normalized spacial score (nSPS) is 21.0. The summed E-state index contributed by atoms with van der Waals surface area (Å²) in [6.45, 7) is 1.79. The molecule has 0 spiro atoms. The molecule has 1 saturated carbocycles. The largest absolute Gasteiger partial charge is 0.374 e. The highest BCUT2D eigenvalue weighted by Crippen LogP contribution is 2.49. The molecule has 3 nitrogen and oxygen atoms in total. The second-order valence-electron chi connectivity index (χ2n) is 5.11. The first kappa shape index (κ1) is 10.1. The molecule has 1 fully saturated rings. The summed E-state index contributed by atoms with van der Waals surface area (Å²) >= 11 is 0. The molecule has 3 heteroatoms. The quantitative estimate of drug-likeness (QED) is 0.783. The van der Waals surface area contributed by atoms with Gasteiger partial charge in [-0.3, -0.25) is 0 Å². The molecule has 1 aromatic carbocycles. The highest BCUT2D eigenvalue weighted by atomic mass is 16.6. The monoisotopic (exact) mass is 218 g/mol. The van der Waals surface area contributed by atoms with Crippen molar-refractivity contribution >= 4 is 5.69 Å². The Morgan fingerprint density at radius 2 is 2.25 bits per heavy atom. The van der Waals surface area contributed by atoms with Crippen molar-refractivity contribution in [2.24, 2.45) is 5.90 Å². The zero-order valence-corrected chi connectivity index (χ0v) is 9.70. The third kappa shape index (κ3) is 1.43. The minimum absolute atomic E-state index is 0.227. The Morgan fingerprint density at radius 3 is 2.94 bits per heavy atom. The van der Waals surface area contributed by atoms with E-state index in [9.17, 15) is 0 Å². The van der Waals surface area contributed by atoms with Crippen LogP contribution in [0.5, 0.6) is 0 Å². The van der Waals surface area contributed by atoms with Gasteiger partial charge in [-0.15, -0.1) is 0 Å². The molecule has 2 N–H and O–H groups in total. The molecule has 3 rings (SSSR count). The van der Waals surface area contributed by atoms with Gasteiger partial charge in [-0.05, 0) is 36.5 Å². The number of likely N-dealkylation sites (N-methyl/N-ethyl adjacent to an activating group) is 1. The van der Waals surface area contributed by atoms with Crippen LogP contribution in [0.15, 0.2) is 18.2 Å². The van der Waals surface area contributed by atoms with Crippen molar-refractivity contribution in [3.05, 3.63) is 29.3 Å². The molecule has 2 aliphatic rings. The maximum Gasteiger partial charge on any atom is 0.0775 e. The summed E-state index contributed by atoms with van der Waals surface area (Å²) in [5, 5.41) is 0. The molecule has 0 radical (unpaired) electrons. The standard InChI is InChI=1S/C13H18N2O/c1-15-7-4-10-8-11(2-3-12(10)15)13(5-6-13)9-16-14/h2-3,8H,4-7,9,14H2,1H3. The van der Waals surface area contributed by atoms with Gasteiger partial charge in [0.05, 0.1) is 6.61 Å². The van der Waals surface area contributed by atoms with Gasteiger partial charge in [0, 0.05) is 24.7 Å². The Hall–Kier alpha value is -1.06. The van der Waals surface area contributed by atoms with Gasteiger partial charge in [0.1, 0.15) is 0 Å². The van der Waals surface area contributed by atoms with Crippen LogP contribution in [0.4, 0.5) is 5.69 Å². The fourth-order valence-electron chi connectivity index (χ4n) is 2.72. The van der Waals surface area contributed by atoms with E-state index >= 15 is 0 Å². The van der Waals surface area contributed by atoms with Gasteiger partial charge in [0.15, 0.2) is 0 Å². The molecular weight excluding hydrogens is 200 g/mol. The summed E-state index contributed by atoms with van der Waals surface area (Å²) in [5.41, 5.74) is 4.49. The predicted octanol–water partition coefficient (Wildman–Crippen LogP) is 1.60. The number of hydrogen-bond acceptors (Lipinski definition) is 3. The van der Waals surface area contributed by atoms with Gasteiger partial charge < -0.3 is 9.74 Å². The van der Waals surface area contributed by atoms with E-state index < -0.39 is 0 Å². The van der Waals surface area contributed by atoms with Gasteiger partial charge in [-0.2, -0.15) is 0 Å². The molecule has 0 atom stereocenters. The topological polar surface area (TPSA) is 38.5 Å². The van der Waals surface area contributed by atoms with Crippen LogP contribution in [0, 0.1) is 0 Å². The van der Waals surface area contributed by atoms with Crippen molar-refractivity contribution in [3.63, 3.8) is 0 Å². The fourth-order valence-corrected chi connectivity index (χ4v) is 2.72. The minimum Gasteiger partial charge on any atom is -0.374 e. The van der Waals surface area contributed by atoms with Gasteiger partial charge in [0.2, 0.25) is 0 Å². The first-order chi connectivity index (χ1) is 7.75. The van der Waals surface area contributed by atoms with Crippen LogP contribution in [0.25, 0.3) is 0 Å². The van der Waals surface area contributed by atoms with Crippen LogP contribution in [0.2, 0.25) is 0 Å². The first-order valence-corrected chi connectivity index (χ1v) is 5.91. The Balaban J connectivity index is 1.93. The number of fused-ring (bicyclic) bond motifs is 1. The molecule has 1 aromatic rings. The average molecular weight is 218 g/mol. The zero-order chi connectivity index (χ0) is 11.2. The summed E-state index contributed by atoms with van der Waals surface area (Å²) in [5.74, 6) is 5.22. The summed E-state index contributed by atoms with van der Waals surface area (Å²) in [4.78, 5) is 7.17. The minimum atomic E-state index is 0.227. The molecule has 0 unspecified atom stereocenters. The Labute approximate surface area is 96.1 Å². The van der Waals surface area contributed by atoms with Crippen molar-refractivity contribution in [2.45, 2.75) is 24.7 Å². The first-order valence-electron chi connectivity index (χ1n) is 5.91. The van der Waals surface area contributed by atoms with Crippen LogP contribution in [-0.4, -0.2) is 20.2 Å². The second-order valence-corrected chi connectivity index (χ2v) is 5.11. The summed E-state index contributed by atoms with van der Waals surface area (Å²) in [6, 6.07) is 6.84. The molecule has 16 heavy (non-hydrogen) atoms. The van der Waals surface area contributed by atoms with Crippen molar-refractivity contribution in [1.82, 2.24) is 0 Å². The lowest BCUT2D eigenvalue weighted by Gasteiger charge is -2.17. The molecule has 1 aliphatic carbocycles. The van der Waals surface area contributed by atoms with Gasteiger partial charge >= 0.3 is 0 Å². The number of anilines is 1. The Morgan fingerprint density at radius 1 is 1.44 bits per heavy atom. The van der Waals surface area contributed by atoms with E-state index in [0.29, 0.717) is 6.61 Å². The molecule has 0 saturated heterocycles. The number of benzene rings is 1. The van der Waals surface area contributed by atoms with E-state index in [2.05, 4.69) is 30.1 Å². The molecule has 0 amide bonds. The Kier molecular flexibility index (Phi) is 2.19. The van der Waals surface area contributed by atoms with Crippen LogP contribution in [0.1, 0.15) is 24.0 Å². The Bertz CT molecular complexity index is 412. The summed E-state index contributed by atoms with van der Waals surface area (Å²) in [7, 11) is 2.15. The van der Waals surface area contributed by atoms with Crippen LogP contribution >= 0.6 is 0 Å². The van der Waals surface area contributed by atoms with Gasteiger partial charge in [0.25, 0.3) is 0 Å². The van der Waals surface area contributed by atoms with Crippen LogP contribution in [0.3, 0.4) is 0 Å². The summed E-state index contributed by atoms with van der Waals surface area (Å²) in [6.07, 6.45) is 3.58. The number of rotatable bonds is 3. The number of nitrogens with two attached hydrogens (primary N) is 1. The maximum atomic E-state index is 5.22. The molecule has 1 aliphatic heterocycles. The lowest BCUT2D eigenvalue weighted by Crippen LogP contribution is -2.18. The molecule has 1 heterocycles. The fraction of sp³-hybridized carbons (Fsp3) is 0.538. The molecule has 0 bridgehead atoms. The SMILES string of the molecule is CN1CCc2cc(C3(CON)CC3)ccc21. The van der Waals surface area contributed by atoms with E-state index in [0.717, 1.165) is 6.54 Å². The van der Waals surface area contributed by atoms with Gasteiger partial charge in [-0.25, -0.2) is 5.90 Å². The molecular formula is C13H18N2O. The van der Waals surface area contributed by atoms with Crippen molar-refractivity contribution in [1.29, 1.82) is 0 Å². The van der Waals surface area contributed by atoms with E-state index in [1.54, 1.807) is 0 Å². The smallest absolute Gasteiger partial charge is 0.0775 e. The third-order valence-corrected chi connectivity index (χ3v) is 4.03. The summed E-state index contributed by atoms with van der Waals surface area (Å²) < 4.78 is 0. The zero-order valence-electron chi connectivity index (χ0n) is 9.70. The average Bonchev–Trinajstić information content (AvgIpc) is 2.99. The lowest BCUT2D eigenvalue weighted by molar-refractivity contribution is 0.116. The number of hydrogen-bond donors (Lipinski definition) is 1. The second kappa shape index (κ2) is 3.47. The van der Waals surface area contributed by atoms with E-state index in [1.165, 1.54) is 36.1 Å². The highest BCUT2D eigenvalue weighted by molar-refractivity contribution is 5.59. The van der Waals surface area contributed by atoms with E-state index in [4.69, 9.17) is 10.7 Å². The predicted molar refractivity (Wildman–Crippen MR) is 64.5 cm³/mol. The molecule has 0 aromatic heterocycles. The van der Waals surface area contributed by atoms with E-state index in [-0.39, 0.29) is 5.41 Å². The van der Waals surface area contributed by atoms with E-state index in [1.807, 2.05) is 0 Å². The molecule has 86 valence electrons. The van der Waals surface area contributed by atoms with Crippen LogP contribution in [-0.2, 0) is 16.7 Å². The number of nitrogens with zero attached hydrogens (tertiary/aromatic N) is 1. The third-order valence-electron chi connectivity index (χ3n) is 4.03. The van der Waals surface area contributed by atoms with Gasteiger partial charge in [-0.1, -0.05) is 12.1 Å². The van der Waals surface area contributed by atoms with Crippen molar-refractivity contribution < 1.29 is 4.84 Å².